The summed E-state index contributed by atoms with van der Waals surface area (Å²) in [4.78, 5) is 6.59. The van der Waals surface area contributed by atoms with Gasteiger partial charge in [0, 0.05) is 32.9 Å². The van der Waals surface area contributed by atoms with Crippen LogP contribution in [0.1, 0.15) is 25.3 Å². The smallest absolute Gasteiger partial charge is 0.0595 e. The lowest BCUT2D eigenvalue weighted by Crippen LogP contribution is -2.31. The van der Waals surface area contributed by atoms with Gasteiger partial charge in [-0.25, -0.2) is 0 Å². The first-order valence-corrected chi connectivity index (χ1v) is 7.23. The highest BCUT2D eigenvalue weighted by atomic mass is 16.5. The SMILES string of the molecule is CCNCc1ccncc1N(C)CC1CCCOC1. The van der Waals surface area contributed by atoms with Gasteiger partial charge in [-0.1, -0.05) is 6.92 Å². The topological polar surface area (TPSA) is 37.4 Å². The van der Waals surface area contributed by atoms with Crippen molar-refractivity contribution in [3.63, 3.8) is 0 Å². The molecule has 1 aliphatic heterocycles. The van der Waals surface area contributed by atoms with Crippen LogP contribution in [-0.2, 0) is 11.3 Å². The molecule has 1 aliphatic rings. The highest BCUT2D eigenvalue weighted by Gasteiger charge is 2.17. The van der Waals surface area contributed by atoms with E-state index in [1.165, 1.54) is 24.1 Å². The maximum absolute atomic E-state index is 5.56. The van der Waals surface area contributed by atoms with Gasteiger partial charge in [0.1, 0.15) is 0 Å². The number of pyridine rings is 1. The van der Waals surface area contributed by atoms with E-state index in [1.54, 1.807) is 0 Å². The van der Waals surface area contributed by atoms with Crippen molar-refractivity contribution in [3.8, 4) is 0 Å². The molecule has 4 heteroatoms. The minimum absolute atomic E-state index is 0.644. The lowest BCUT2D eigenvalue weighted by Gasteiger charge is -2.29. The van der Waals surface area contributed by atoms with Crippen molar-refractivity contribution < 1.29 is 4.74 Å². The lowest BCUT2D eigenvalue weighted by molar-refractivity contribution is 0.0576. The first kappa shape index (κ1) is 14.3. The Balaban J connectivity index is 1.98. The molecule has 2 heterocycles. The Bertz CT molecular complexity index is 377. The number of anilines is 1. The summed E-state index contributed by atoms with van der Waals surface area (Å²) in [6, 6.07) is 2.10. The molecule has 0 amide bonds. The third kappa shape index (κ3) is 4.18. The maximum Gasteiger partial charge on any atom is 0.0595 e. The maximum atomic E-state index is 5.56. The Labute approximate surface area is 116 Å². The van der Waals surface area contributed by atoms with Crippen LogP contribution in [0.25, 0.3) is 0 Å². The van der Waals surface area contributed by atoms with Crippen LogP contribution in [0.4, 0.5) is 5.69 Å². The lowest BCUT2D eigenvalue weighted by atomic mass is 10.0. The van der Waals surface area contributed by atoms with Gasteiger partial charge in [-0.2, -0.15) is 0 Å². The zero-order valence-electron chi connectivity index (χ0n) is 12.1. The minimum atomic E-state index is 0.644. The zero-order chi connectivity index (χ0) is 13.5. The normalized spacial score (nSPS) is 19.4. The number of hydrogen-bond donors (Lipinski definition) is 1. The van der Waals surface area contributed by atoms with E-state index in [1.807, 2.05) is 12.4 Å². The van der Waals surface area contributed by atoms with Crippen molar-refractivity contribution in [2.75, 3.05) is 38.3 Å². The van der Waals surface area contributed by atoms with E-state index in [0.717, 1.165) is 32.8 Å². The van der Waals surface area contributed by atoms with E-state index in [2.05, 4.69) is 35.2 Å². The molecule has 4 nitrogen and oxygen atoms in total. The van der Waals surface area contributed by atoms with Gasteiger partial charge in [0.05, 0.1) is 18.5 Å². The number of ether oxygens (including phenoxy) is 1. The van der Waals surface area contributed by atoms with Crippen molar-refractivity contribution in [1.82, 2.24) is 10.3 Å². The van der Waals surface area contributed by atoms with E-state index in [0.29, 0.717) is 5.92 Å². The predicted molar refractivity (Wildman–Crippen MR) is 78.4 cm³/mol. The summed E-state index contributed by atoms with van der Waals surface area (Å²) in [5, 5.41) is 3.38. The second-order valence-electron chi connectivity index (χ2n) is 5.25. The minimum Gasteiger partial charge on any atom is -0.381 e. The number of aromatic nitrogens is 1. The predicted octanol–water partition coefficient (Wildman–Crippen LogP) is 2.05. The van der Waals surface area contributed by atoms with Crippen LogP contribution in [0.15, 0.2) is 18.5 Å². The van der Waals surface area contributed by atoms with Crippen molar-refractivity contribution in [3.05, 3.63) is 24.0 Å². The third-order valence-corrected chi connectivity index (χ3v) is 3.65. The molecule has 1 saturated heterocycles. The summed E-state index contributed by atoms with van der Waals surface area (Å²) in [6.45, 7) is 6.89. The Morgan fingerprint density at radius 2 is 2.42 bits per heavy atom. The van der Waals surface area contributed by atoms with Crippen LogP contribution in [0, 0.1) is 5.92 Å². The number of nitrogens with zero attached hydrogens (tertiary/aromatic N) is 2. The second-order valence-corrected chi connectivity index (χ2v) is 5.25. The van der Waals surface area contributed by atoms with Crippen LogP contribution in [0.2, 0.25) is 0 Å². The second kappa shape index (κ2) is 7.46. The molecule has 0 aromatic carbocycles. The first-order chi connectivity index (χ1) is 9.31. The molecule has 1 atom stereocenters. The van der Waals surface area contributed by atoms with E-state index in [4.69, 9.17) is 4.74 Å². The Morgan fingerprint density at radius 1 is 1.53 bits per heavy atom. The summed E-state index contributed by atoms with van der Waals surface area (Å²) in [7, 11) is 2.15. The molecule has 0 saturated carbocycles. The molecule has 0 bridgehead atoms. The van der Waals surface area contributed by atoms with Crippen LogP contribution in [-0.4, -0.2) is 38.3 Å². The van der Waals surface area contributed by atoms with E-state index in [9.17, 15) is 0 Å². The van der Waals surface area contributed by atoms with Crippen LogP contribution < -0.4 is 10.2 Å². The molecule has 0 aliphatic carbocycles. The van der Waals surface area contributed by atoms with Gasteiger partial charge in [0.15, 0.2) is 0 Å². The fourth-order valence-corrected chi connectivity index (χ4v) is 2.60. The van der Waals surface area contributed by atoms with Gasteiger partial charge in [-0.15, -0.1) is 0 Å². The summed E-state index contributed by atoms with van der Waals surface area (Å²) in [5.41, 5.74) is 2.55. The molecule has 0 spiro atoms. The molecular weight excluding hydrogens is 238 g/mol. The average Bonchev–Trinajstić information content (AvgIpc) is 2.46. The summed E-state index contributed by atoms with van der Waals surface area (Å²) >= 11 is 0. The van der Waals surface area contributed by atoms with Gasteiger partial charge < -0.3 is 15.0 Å². The molecule has 19 heavy (non-hydrogen) atoms. The van der Waals surface area contributed by atoms with Crippen molar-refractivity contribution in [2.24, 2.45) is 5.92 Å². The molecule has 1 aromatic heterocycles. The highest BCUT2D eigenvalue weighted by Crippen LogP contribution is 2.21. The van der Waals surface area contributed by atoms with Gasteiger partial charge in [-0.05, 0) is 36.9 Å². The first-order valence-electron chi connectivity index (χ1n) is 7.23. The number of hydrogen-bond acceptors (Lipinski definition) is 4. The third-order valence-electron chi connectivity index (χ3n) is 3.65. The Kier molecular flexibility index (Phi) is 5.61. The van der Waals surface area contributed by atoms with Crippen LogP contribution in [0.3, 0.4) is 0 Å². The molecule has 0 radical (unpaired) electrons. The van der Waals surface area contributed by atoms with Gasteiger partial charge in [-0.3, -0.25) is 4.98 Å². The summed E-state index contributed by atoms with van der Waals surface area (Å²) < 4.78 is 5.56. The molecule has 2 rings (SSSR count). The molecule has 1 aromatic rings. The number of nitrogens with one attached hydrogen (secondary N) is 1. The average molecular weight is 263 g/mol. The molecule has 1 unspecified atom stereocenters. The van der Waals surface area contributed by atoms with Crippen molar-refractivity contribution >= 4 is 5.69 Å². The molecule has 106 valence electrons. The standard InChI is InChI=1S/C15H25N3O/c1-3-16-9-14-6-7-17-10-15(14)18(2)11-13-5-4-8-19-12-13/h6-7,10,13,16H,3-5,8-9,11-12H2,1-2H3. The van der Waals surface area contributed by atoms with Crippen LogP contribution in [0.5, 0.6) is 0 Å². The van der Waals surface area contributed by atoms with E-state index < -0.39 is 0 Å². The molecule has 1 N–H and O–H groups in total. The largest absolute Gasteiger partial charge is 0.381 e. The quantitative estimate of drug-likeness (QED) is 0.852. The van der Waals surface area contributed by atoms with Crippen molar-refractivity contribution in [2.45, 2.75) is 26.3 Å². The fourth-order valence-electron chi connectivity index (χ4n) is 2.60. The Morgan fingerprint density at radius 3 is 3.16 bits per heavy atom. The highest BCUT2D eigenvalue weighted by molar-refractivity contribution is 5.51. The Hall–Kier alpha value is -1.13. The number of rotatable bonds is 6. The van der Waals surface area contributed by atoms with Crippen LogP contribution >= 0.6 is 0 Å². The fraction of sp³-hybridized carbons (Fsp3) is 0.667. The monoisotopic (exact) mass is 263 g/mol. The van der Waals surface area contributed by atoms with Gasteiger partial charge in [0.25, 0.3) is 0 Å². The molecular formula is C15H25N3O. The van der Waals surface area contributed by atoms with Gasteiger partial charge in [0.2, 0.25) is 0 Å². The van der Waals surface area contributed by atoms with Crippen molar-refractivity contribution in [1.29, 1.82) is 0 Å². The van der Waals surface area contributed by atoms with Gasteiger partial charge >= 0.3 is 0 Å². The van der Waals surface area contributed by atoms with E-state index >= 15 is 0 Å². The molecule has 1 fully saturated rings. The summed E-state index contributed by atoms with van der Waals surface area (Å²) in [6.07, 6.45) is 6.30. The summed E-state index contributed by atoms with van der Waals surface area (Å²) in [5.74, 6) is 0.644. The zero-order valence-corrected chi connectivity index (χ0v) is 12.1. The van der Waals surface area contributed by atoms with E-state index in [-0.39, 0.29) is 0 Å².